The van der Waals surface area contributed by atoms with Crippen LogP contribution in [0.15, 0.2) is 46.8 Å². The average molecular weight is 554 g/mol. The van der Waals surface area contributed by atoms with Crippen molar-refractivity contribution in [2.24, 2.45) is 4.99 Å². The van der Waals surface area contributed by atoms with Crippen molar-refractivity contribution in [3.05, 3.63) is 52.9 Å². The monoisotopic (exact) mass is 553 g/mol. The normalized spacial score (nSPS) is 19.2. The van der Waals surface area contributed by atoms with Crippen molar-refractivity contribution in [2.45, 2.75) is 44.7 Å². The number of thiophene rings is 1. The van der Waals surface area contributed by atoms with Gasteiger partial charge in [-0.1, -0.05) is 29.8 Å². The number of anilines is 1. The smallest absolute Gasteiger partial charge is 0.191 e. The number of piperidine rings is 1. The molecule has 2 N–H and O–H groups in total. The van der Waals surface area contributed by atoms with E-state index in [4.69, 9.17) is 0 Å². The summed E-state index contributed by atoms with van der Waals surface area (Å²) in [6, 6.07) is 14.3. The Morgan fingerprint density at radius 3 is 2.42 bits per heavy atom. The first-order valence-electron chi connectivity index (χ1n) is 11.3. The Hall–Kier alpha value is -1.32. The van der Waals surface area contributed by atoms with Crippen molar-refractivity contribution < 1.29 is 0 Å². The summed E-state index contributed by atoms with van der Waals surface area (Å²) in [6.07, 6.45) is 4.90. The van der Waals surface area contributed by atoms with Crippen molar-refractivity contribution in [1.82, 2.24) is 15.5 Å². The van der Waals surface area contributed by atoms with Gasteiger partial charge in [-0.25, -0.2) is 0 Å². The van der Waals surface area contributed by atoms with E-state index in [1.54, 1.807) is 0 Å². The number of hydrogen-bond donors (Lipinski definition) is 2. The lowest BCUT2D eigenvalue weighted by molar-refractivity contribution is 0.245. The van der Waals surface area contributed by atoms with Gasteiger partial charge in [-0.15, -0.1) is 35.3 Å². The fraction of sp³-hybridized carbons (Fsp3) is 0.542. The Kier molecular flexibility index (Phi) is 9.47. The van der Waals surface area contributed by atoms with Crippen LogP contribution in [0.25, 0.3) is 0 Å². The Balaban J connectivity index is 0.00000272. The van der Waals surface area contributed by atoms with Gasteiger partial charge in [-0.2, -0.15) is 0 Å². The van der Waals surface area contributed by atoms with E-state index in [2.05, 4.69) is 74.1 Å². The number of rotatable bonds is 6. The van der Waals surface area contributed by atoms with Crippen LogP contribution >= 0.6 is 35.3 Å². The van der Waals surface area contributed by atoms with Gasteiger partial charge in [0, 0.05) is 32.7 Å². The summed E-state index contributed by atoms with van der Waals surface area (Å²) in [4.78, 5) is 9.64. The maximum atomic E-state index is 4.52. The number of benzene rings is 1. The summed E-state index contributed by atoms with van der Waals surface area (Å²) in [5.41, 5.74) is 2.72. The second kappa shape index (κ2) is 12.1. The maximum Gasteiger partial charge on any atom is 0.191 e. The third-order valence-corrected chi connectivity index (χ3v) is 7.31. The third kappa shape index (κ3) is 6.58. The molecular formula is C24H36IN5S. The van der Waals surface area contributed by atoms with E-state index in [0.717, 1.165) is 38.4 Å². The molecule has 0 amide bonds. The molecule has 1 atom stereocenters. The Morgan fingerprint density at radius 2 is 1.81 bits per heavy atom. The van der Waals surface area contributed by atoms with Gasteiger partial charge < -0.3 is 15.5 Å². The lowest BCUT2D eigenvalue weighted by atomic mass is 10.0. The largest absolute Gasteiger partial charge is 0.363 e. The molecule has 0 aliphatic carbocycles. The van der Waals surface area contributed by atoms with E-state index < -0.39 is 0 Å². The molecule has 2 aromatic rings. The van der Waals surface area contributed by atoms with Crippen molar-refractivity contribution in [3.63, 3.8) is 0 Å². The van der Waals surface area contributed by atoms with Gasteiger partial charge in [-0.05, 0) is 68.8 Å². The molecule has 0 radical (unpaired) electrons. The van der Waals surface area contributed by atoms with Crippen LogP contribution in [-0.4, -0.2) is 56.7 Å². The minimum absolute atomic E-state index is 0. The van der Waals surface area contributed by atoms with Crippen LogP contribution < -0.4 is 15.5 Å². The lowest BCUT2D eigenvalue weighted by Gasteiger charge is -2.34. The standard InChI is InChI=1S/C24H35N5S.HI/c1-19-7-9-20(10-8-19)22(28-13-3-4-14-28)18-26-24(25-2)27-21-11-15-29(16-12-21)23-6-5-17-30-23;/h5-10,17,21-22H,3-4,11-16,18H2,1-2H3,(H2,25,26,27);1H. The van der Waals surface area contributed by atoms with Gasteiger partial charge in [0.2, 0.25) is 0 Å². The van der Waals surface area contributed by atoms with Gasteiger partial charge in [-0.3, -0.25) is 9.89 Å². The molecule has 7 heteroatoms. The fourth-order valence-electron chi connectivity index (χ4n) is 4.58. The van der Waals surface area contributed by atoms with Crippen molar-refractivity contribution >= 4 is 46.3 Å². The topological polar surface area (TPSA) is 42.9 Å². The summed E-state index contributed by atoms with van der Waals surface area (Å²) < 4.78 is 0. The Labute approximate surface area is 208 Å². The zero-order valence-electron chi connectivity index (χ0n) is 18.7. The van der Waals surface area contributed by atoms with Gasteiger partial charge in [0.25, 0.3) is 0 Å². The molecule has 1 unspecified atom stereocenters. The zero-order chi connectivity index (χ0) is 20.8. The number of hydrogen-bond acceptors (Lipinski definition) is 4. The number of likely N-dealkylation sites (tertiary alicyclic amines) is 1. The molecule has 0 bridgehead atoms. The zero-order valence-corrected chi connectivity index (χ0v) is 21.9. The molecule has 0 spiro atoms. The number of nitrogens with zero attached hydrogens (tertiary/aromatic N) is 3. The van der Waals surface area contributed by atoms with Crippen molar-refractivity contribution in [2.75, 3.05) is 44.7 Å². The molecule has 4 rings (SSSR count). The highest BCUT2D eigenvalue weighted by atomic mass is 127. The first kappa shape index (κ1) is 24.3. The van der Waals surface area contributed by atoms with Crippen LogP contribution in [0.5, 0.6) is 0 Å². The Bertz CT molecular complexity index is 794. The molecule has 1 aromatic carbocycles. The van der Waals surface area contributed by atoms with Crippen LogP contribution in [0.4, 0.5) is 5.00 Å². The third-order valence-electron chi connectivity index (χ3n) is 6.38. The summed E-state index contributed by atoms with van der Waals surface area (Å²) in [5.74, 6) is 0.931. The summed E-state index contributed by atoms with van der Waals surface area (Å²) in [7, 11) is 1.88. The molecule has 2 aliphatic rings. The maximum absolute atomic E-state index is 4.52. The van der Waals surface area contributed by atoms with Crippen molar-refractivity contribution in [1.29, 1.82) is 0 Å². The van der Waals surface area contributed by atoms with E-state index in [1.165, 1.54) is 42.1 Å². The number of aryl methyl sites for hydroxylation is 1. The van der Waals surface area contributed by atoms with Crippen LogP contribution in [0.2, 0.25) is 0 Å². The number of nitrogens with one attached hydrogen (secondary N) is 2. The van der Waals surface area contributed by atoms with Crippen LogP contribution in [0.1, 0.15) is 42.9 Å². The Morgan fingerprint density at radius 1 is 1.10 bits per heavy atom. The molecule has 3 heterocycles. The molecule has 5 nitrogen and oxygen atoms in total. The van der Waals surface area contributed by atoms with E-state index in [1.807, 2.05) is 18.4 Å². The average Bonchev–Trinajstić information content (AvgIpc) is 3.49. The first-order valence-corrected chi connectivity index (χ1v) is 12.2. The van der Waals surface area contributed by atoms with Crippen LogP contribution in [0.3, 0.4) is 0 Å². The molecule has 2 fully saturated rings. The number of guanidine groups is 1. The fourth-order valence-corrected chi connectivity index (χ4v) is 5.36. The molecule has 2 aliphatic heterocycles. The second-order valence-electron chi connectivity index (χ2n) is 8.48. The van der Waals surface area contributed by atoms with E-state index in [9.17, 15) is 0 Å². The quantitative estimate of drug-likeness (QED) is 0.311. The predicted molar refractivity (Wildman–Crippen MR) is 144 cm³/mol. The van der Waals surface area contributed by atoms with Crippen LogP contribution in [0, 0.1) is 6.92 Å². The summed E-state index contributed by atoms with van der Waals surface area (Å²) in [5, 5.41) is 10.9. The van der Waals surface area contributed by atoms with E-state index >= 15 is 0 Å². The molecule has 2 saturated heterocycles. The van der Waals surface area contributed by atoms with Gasteiger partial charge in [0.15, 0.2) is 5.96 Å². The number of aliphatic imine (C=N–C) groups is 1. The first-order chi connectivity index (χ1) is 14.7. The van der Waals surface area contributed by atoms with Crippen molar-refractivity contribution in [3.8, 4) is 0 Å². The molecule has 0 saturated carbocycles. The highest BCUT2D eigenvalue weighted by Gasteiger charge is 2.25. The molecular weight excluding hydrogens is 517 g/mol. The van der Waals surface area contributed by atoms with Gasteiger partial charge >= 0.3 is 0 Å². The second-order valence-corrected chi connectivity index (χ2v) is 9.41. The SMILES string of the molecule is CN=C(NCC(c1ccc(C)cc1)N1CCCC1)NC1CCN(c2cccs2)CC1.I. The van der Waals surface area contributed by atoms with Gasteiger partial charge in [0.05, 0.1) is 11.0 Å². The molecule has 31 heavy (non-hydrogen) atoms. The minimum Gasteiger partial charge on any atom is -0.363 e. The van der Waals surface area contributed by atoms with Gasteiger partial charge in [0.1, 0.15) is 0 Å². The summed E-state index contributed by atoms with van der Waals surface area (Å²) in [6.45, 7) is 7.63. The van der Waals surface area contributed by atoms with Crippen LogP contribution in [-0.2, 0) is 0 Å². The highest BCUT2D eigenvalue weighted by molar-refractivity contribution is 14.0. The van der Waals surface area contributed by atoms with E-state index in [0.29, 0.717) is 12.1 Å². The molecule has 170 valence electrons. The summed E-state index contributed by atoms with van der Waals surface area (Å²) >= 11 is 1.84. The number of halogens is 1. The van der Waals surface area contributed by atoms with E-state index in [-0.39, 0.29) is 24.0 Å². The highest BCUT2D eigenvalue weighted by Crippen LogP contribution is 2.26. The predicted octanol–water partition coefficient (Wildman–Crippen LogP) is 4.65. The minimum atomic E-state index is 0. The molecule has 1 aromatic heterocycles. The lowest BCUT2D eigenvalue weighted by Crippen LogP contribution is -2.50.